The van der Waals surface area contributed by atoms with E-state index in [1.165, 1.54) is 129 Å². The molecule has 0 radical (unpaired) electrons. The zero-order valence-corrected chi connectivity index (χ0v) is 60.7. The van der Waals surface area contributed by atoms with Crippen molar-refractivity contribution in [3.05, 3.63) is 0 Å². The van der Waals surface area contributed by atoms with Gasteiger partial charge >= 0.3 is 29.8 Å². The van der Waals surface area contributed by atoms with E-state index in [-0.39, 0.29) is 61.1 Å². The Labute approximate surface area is 539 Å². The zero-order valence-electron chi connectivity index (χ0n) is 60.7. The van der Waals surface area contributed by atoms with Gasteiger partial charge in [-0.3, -0.25) is 24.0 Å². The van der Waals surface area contributed by atoms with Crippen molar-refractivity contribution in [3.63, 3.8) is 0 Å². The van der Waals surface area contributed by atoms with Crippen molar-refractivity contribution in [1.29, 1.82) is 0 Å². The maximum atomic E-state index is 12.7. The van der Waals surface area contributed by atoms with Crippen LogP contribution in [0.4, 0.5) is 0 Å². The van der Waals surface area contributed by atoms with Crippen molar-refractivity contribution in [2.75, 3.05) is 40.1 Å². The fourth-order valence-corrected chi connectivity index (χ4v) is 8.18. The standard InChI is InChI=1S/C32H60O6.C15H28O3.C9H20O.C5H10O2.C5H8O.C4H10.2C2H6/c1-6-10-12-14-16-18-22-36-30(33)24-28(25-31(34)37-23-19-17-15-13-11-7-2)26-32(35)38-29(9-4)21-20-27(5)8-3;1-3-5-6-7-8-9-12-18-15(17)13-14(4-2)10-11-16;1-3-4-5-6-7-8-9-10-2;1-3-4-7-5(2)6;6-4-5-2-1-3-5;1-3-4-2;2*1-2/h27-29H,6-26H2,1-5H3;11,14H,3-10,12-13H2,1-2H3;3-9H2,1-2H3;3-4H2,1-2H3;4-5H,1-3H2;3-4H2,1-2H3;2*1-2H3. The molecule has 0 spiro atoms. The summed E-state index contributed by atoms with van der Waals surface area (Å²) >= 11 is 0. The van der Waals surface area contributed by atoms with Gasteiger partial charge in [0.05, 0.1) is 26.4 Å². The number of hydrogen-bond acceptors (Lipinski definition) is 13. The first kappa shape index (κ1) is 97.3. The third kappa shape index (κ3) is 89.2. The first-order valence-electron chi connectivity index (χ1n) is 36.3. The SMILES string of the molecule is CC.CC.CCCC.CCCCCCCCOC.CCCCCCCCOC(=O)CC(CC(=O)OCCCCCCCC)CC(=O)OC(CC)CCC(C)CC.CCCCCCCCOC(=O)CC(CC)CC=O.CCCOC(C)=O.O=CC1CCC1. The highest BCUT2D eigenvalue weighted by Gasteiger charge is 2.25. The quantitative estimate of drug-likeness (QED) is 0.0244. The van der Waals surface area contributed by atoms with Crippen molar-refractivity contribution in [1.82, 2.24) is 0 Å². The number of hydrogen-bond donors (Lipinski definition) is 0. The van der Waals surface area contributed by atoms with Crippen LogP contribution in [0, 0.1) is 23.7 Å². The highest BCUT2D eigenvalue weighted by Crippen LogP contribution is 2.23. The summed E-state index contributed by atoms with van der Waals surface area (Å²) in [6.45, 7) is 35.7. The van der Waals surface area contributed by atoms with E-state index in [0.29, 0.717) is 51.1 Å². The summed E-state index contributed by atoms with van der Waals surface area (Å²) < 4.78 is 31.3. The van der Waals surface area contributed by atoms with Crippen molar-refractivity contribution in [2.45, 2.75) is 374 Å². The van der Waals surface area contributed by atoms with E-state index in [4.69, 9.17) is 23.7 Å². The van der Waals surface area contributed by atoms with Gasteiger partial charge in [0.25, 0.3) is 0 Å². The summed E-state index contributed by atoms with van der Waals surface area (Å²) in [6.07, 6.45) is 43.1. The molecule has 0 aromatic carbocycles. The molecule has 0 saturated heterocycles. The van der Waals surface area contributed by atoms with Gasteiger partial charge in [0.15, 0.2) is 0 Å². The molecule has 0 amide bonds. The molecule has 13 heteroatoms. The van der Waals surface area contributed by atoms with E-state index in [0.717, 1.165) is 122 Å². The summed E-state index contributed by atoms with van der Waals surface area (Å²) in [5, 5.41) is 0. The molecular formula is C74H148O13. The topological polar surface area (TPSA) is 175 Å². The number of carbonyl (C=O) groups excluding carboxylic acids is 7. The molecule has 3 atom stereocenters. The molecule has 1 aliphatic rings. The Morgan fingerprint density at radius 1 is 0.414 bits per heavy atom. The maximum Gasteiger partial charge on any atom is 0.306 e. The molecule has 0 heterocycles. The van der Waals surface area contributed by atoms with Gasteiger partial charge < -0.3 is 38.0 Å². The molecule has 13 nitrogen and oxygen atoms in total. The van der Waals surface area contributed by atoms with Gasteiger partial charge in [0, 0.05) is 58.7 Å². The van der Waals surface area contributed by atoms with Gasteiger partial charge in [-0.1, -0.05) is 264 Å². The second-order valence-electron chi connectivity index (χ2n) is 22.9. The number of ether oxygens (including phenoxy) is 6. The van der Waals surface area contributed by atoms with Crippen LogP contribution >= 0.6 is 0 Å². The highest BCUT2D eigenvalue weighted by atomic mass is 16.6. The monoisotopic (exact) mass is 1250 g/mol. The Morgan fingerprint density at radius 2 is 0.782 bits per heavy atom. The number of unbranched alkanes of at least 4 members (excludes halogenated alkanes) is 21. The van der Waals surface area contributed by atoms with E-state index >= 15 is 0 Å². The molecule has 3 unspecified atom stereocenters. The molecule has 87 heavy (non-hydrogen) atoms. The van der Waals surface area contributed by atoms with Gasteiger partial charge in [-0.2, -0.15) is 0 Å². The minimum absolute atomic E-state index is 0.0259. The predicted molar refractivity (Wildman–Crippen MR) is 367 cm³/mol. The smallest absolute Gasteiger partial charge is 0.306 e. The van der Waals surface area contributed by atoms with Gasteiger partial charge in [0.1, 0.15) is 18.7 Å². The Hall–Kier alpha value is -3.35. The summed E-state index contributed by atoms with van der Waals surface area (Å²) in [5.41, 5.74) is 0. The molecule has 0 N–H and O–H groups in total. The summed E-state index contributed by atoms with van der Waals surface area (Å²) in [5.74, 6) is -0.697. The Morgan fingerprint density at radius 3 is 1.05 bits per heavy atom. The van der Waals surface area contributed by atoms with Crippen LogP contribution in [0.1, 0.15) is 368 Å². The number of aldehydes is 2. The molecule has 0 aromatic heterocycles. The average molecular weight is 1250 g/mol. The van der Waals surface area contributed by atoms with E-state index in [2.05, 4.69) is 60.1 Å². The predicted octanol–water partition coefficient (Wildman–Crippen LogP) is 21.4. The number of methoxy groups -OCH3 is 1. The van der Waals surface area contributed by atoms with E-state index in [1.54, 1.807) is 7.11 Å². The lowest BCUT2D eigenvalue weighted by Crippen LogP contribution is -2.24. The summed E-state index contributed by atoms with van der Waals surface area (Å²) in [4.78, 5) is 79.4. The average Bonchev–Trinajstić information content (AvgIpc) is 3.53. The molecule has 1 saturated carbocycles. The van der Waals surface area contributed by atoms with Crippen molar-refractivity contribution < 1.29 is 62.0 Å². The molecule has 1 fully saturated rings. The molecule has 0 aliphatic heterocycles. The van der Waals surface area contributed by atoms with Crippen LogP contribution in [-0.4, -0.2) is 88.7 Å². The molecule has 1 aliphatic carbocycles. The number of carbonyl (C=O) groups is 7. The molecule has 1 rings (SSSR count). The Balaban J connectivity index is -0.000000212. The van der Waals surface area contributed by atoms with Crippen molar-refractivity contribution in [3.8, 4) is 0 Å². The van der Waals surface area contributed by atoms with Crippen LogP contribution in [0.3, 0.4) is 0 Å². The van der Waals surface area contributed by atoms with Gasteiger partial charge in [-0.15, -0.1) is 0 Å². The van der Waals surface area contributed by atoms with Crippen LogP contribution in [0.25, 0.3) is 0 Å². The minimum atomic E-state index is -0.469. The van der Waals surface area contributed by atoms with Crippen LogP contribution in [0.5, 0.6) is 0 Å². The van der Waals surface area contributed by atoms with E-state index in [1.807, 2.05) is 48.5 Å². The van der Waals surface area contributed by atoms with Crippen molar-refractivity contribution in [2.24, 2.45) is 23.7 Å². The highest BCUT2D eigenvalue weighted by molar-refractivity contribution is 5.76. The number of esters is 5. The maximum absolute atomic E-state index is 12.7. The molecule has 0 aromatic rings. The summed E-state index contributed by atoms with van der Waals surface area (Å²) in [7, 11) is 1.77. The normalized spacial score (nSPS) is 12.0. The van der Waals surface area contributed by atoms with Crippen LogP contribution in [0.2, 0.25) is 0 Å². The van der Waals surface area contributed by atoms with Crippen molar-refractivity contribution >= 4 is 42.4 Å². The lowest BCUT2D eigenvalue weighted by molar-refractivity contribution is -0.153. The third-order valence-electron chi connectivity index (χ3n) is 14.6. The summed E-state index contributed by atoms with van der Waals surface area (Å²) in [6, 6.07) is 0. The molecule has 0 bridgehead atoms. The second kappa shape index (κ2) is 86.9. The van der Waals surface area contributed by atoms with Gasteiger partial charge in [-0.25, -0.2) is 0 Å². The number of rotatable bonds is 49. The Bertz CT molecular complexity index is 1340. The first-order valence-corrected chi connectivity index (χ1v) is 36.3. The van der Waals surface area contributed by atoms with Crippen LogP contribution in [0.15, 0.2) is 0 Å². The Kier molecular flexibility index (Phi) is 97.1. The lowest BCUT2D eigenvalue weighted by atomic mass is 9.87. The largest absolute Gasteiger partial charge is 0.466 e. The molecule has 522 valence electrons. The third-order valence-corrected chi connectivity index (χ3v) is 14.6. The zero-order chi connectivity index (χ0) is 67.3. The fraction of sp³-hybridized carbons (Fsp3) is 0.905. The van der Waals surface area contributed by atoms with Gasteiger partial charge in [-0.05, 0) is 82.0 Å². The minimum Gasteiger partial charge on any atom is -0.466 e. The van der Waals surface area contributed by atoms with E-state index in [9.17, 15) is 33.6 Å². The first-order chi connectivity index (χ1) is 42.1. The molecular weight excluding hydrogens is 1100 g/mol. The fourth-order valence-electron chi connectivity index (χ4n) is 8.18. The van der Waals surface area contributed by atoms with Crippen LogP contribution < -0.4 is 0 Å². The van der Waals surface area contributed by atoms with E-state index < -0.39 is 5.92 Å². The van der Waals surface area contributed by atoms with Crippen LogP contribution in [-0.2, 0) is 62.0 Å². The lowest BCUT2D eigenvalue weighted by Gasteiger charge is -2.20. The van der Waals surface area contributed by atoms with Gasteiger partial charge in [0.2, 0.25) is 0 Å². The second-order valence-corrected chi connectivity index (χ2v) is 22.9.